The average Bonchev–Trinajstić information content (AvgIpc) is 3.07. The second-order valence-electron chi connectivity index (χ2n) is 7.10. The summed E-state index contributed by atoms with van der Waals surface area (Å²) in [5.74, 6) is 0.621. The summed E-state index contributed by atoms with van der Waals surface area (Å²) >= 11 is 1.54. The molecule has 1 aliphatic rings. The normalized spacial score (nSPS) is 21.5. The number of rotatable bonds is 5. The van der Waals surface area contributed by atoms with Crippen LogP contribution in [0.1, 0.15) is 25.1 Å². The van der Waals surface area contributed by atoms with Crippen LogP contribution in [0.15, 0.2) is 46.7 Å². The largest absolute Gasteiger partial charge is 0.326 e. The number of sulfonamides is 1. The van der Waals surface area contributed by atoms with Crippen LogP contribution in [0.4, 0.5) is 5.69 Å². The van der Waals surface area contributed by atoms with Crippen LogP contribution in [0.25, 0.3) is 0 Å². The molecule has 0 spiro atoms. The van der Waals surface area contributed by atoms with Crippen LogP contribution >= 0.6 is 11.3 Å². The molecule has 1 aromatic heterocycles. The van der Waals surface area contributed by atoms with Crippen molar-refractivity contribution in [3.05, 3.63) is 46.7 Å². The van der Waals surface area contributed by atoms with Crippen molar-refractivity contribution in [1.29, 1.82) is 0 Å². The Bertz CT molecular complexity index is 835. The molecule has 5 nitrogen and oxygen atoms in total. The van der Waals surface area contributed by atoms with Crippen molar-refractivity contribution in [2.24, 2.45) is 11.8 Å². The maximum absolute atomic E-state index is 12.9. The first-order chi connectivity index (χ1) is 12.3. The molecule has 0 unspecified atom stereocenters. The molecular formula is C19H24N2O3S2. The lowest BCUT2D eigenvalue weighted by Crippen LogP contribution is -2.42. The number of amides is 1. The molecule has 0 aliphatic carbocycles. The van der Waals surface area contributed by atoms with Gasteiger partial charge < -0.3 is 5.32 Å². The van der Waals surface area contributed by atoms with Gasteiger partial charge in [-0.05, 0) is 54.0 Å². The van der Waals surface area contributed by atoms with Crippen molar-refractivity contribution in [3.63, 3.8) is 0 Å². The number of hydrogen-bond donors (Lipinski definition) is 1. The van der Waals surface area contributed by atoms with Crippen molar-refractivity contribution in [3.8, 4) is 0 Å². The summed E-state index contributed by atoms with van der Waals surface area (Å²) in [6.45, 7) is 5.30. The summed E-state index contributed by atoms with van der Waals surface area (Å²) in [5.41, 5.74) is 0.603. The van der Waals surface area contributed by atoms with Gasteiger partial charge in [-0.25, -0.2) is 8.42 Å². The monoisotopic (exact) mass is 392 g/mol. The van der Waals surface area contributed by atoms with Crippen molar-refractivity contribution in [2.75, 3.05) is 18.4 Å². The number of carbonyl (C=O) groups excluding carboxylic acids is 1. The summed E-state index contributed by atoms with van der Waals surface area (Å²) in [6, 6.07) is 10.3. The van der Waals surface area contributed by atoms with Gasteiger partial charge in [0.2, 0.25) is 15.9 Å². The number of carbonyl (C=O) groups is 1. The maximum atomic E-state index is 12.9. The SMILES string of the molecule is C[C@H]1C[C@H](C)CN(S(=O)(=O)c2ccc(NC(=O)Cc3cccs3)cc2)C1. The number of anilines is 1. The van der Waals surface area contributed by atoms with E-state index in [2.05, 4.69) is 19.2 Å². The van der Waals surface area contributed by atoms with E-state index in [1.165, 1.54) is 11.3 Å². The molecular weight excluding hydrogens is 368 g/mol. The summed E-state index contributed by atoms with van der Waals surface area (Å²) < 4.78 is 27.3. The molecule has 1 fully saturated rings. The van der Waals surface area contributed by atoms with E-state index in [4.69, 9.17) is 0 Å². The van der Waals surface area contributed by atoms with Crippen molar-refractivity contribution < 1.29 is 13.2 Å². The quantitative estimate of drug-likeness (QED) is 0.845. The van der Waals surface area contributed by atoms with Crippen LogP contribution in [0.3, 0.4) is 0 Å². The fourth-order valence-electron chi connectivity index (χ4n) is 3.44. The van der Waals surface area contributed by atoms with Gasteiger partial charge in [0.25, 0.3) is 0 Å². The predicted molar refractivity (Wildman–Crippen MR) is 105 cm³/mol. The highest BCUT2D eigenvalue weighted by atomic mass is 32.2. The number of thiophene rings is 1. The highest BCUT2D eigenvalue weighted by molar-refractivity contribution is 7.89. The third-order valence-corrected chi connectivity index (χ3v) is 7.25. The number of nitrogens with one attached hydrogen (secondary N) is 1. The van der Waals surface area contributed by atoms with E-state index < -0.39 is 10.0 Å². The molecule has 2 atom stereocenters. The van der Waals surface area contributed by atoms with Crippen LogP contribution in [0, 0.1) is 11.8 Å². The molecule has 3 rings (SSSR count). The van der Waals surface area contributed by atoms with E-state index in [1.807, 2.05) is 17.5 Å². The Morgan fingerprint density at radius 3 is 2.38 bits per heavy atom. The first kappa shape index (κ1) is 19.1. The third-order valence-electron chi connectivity index (χ3n) is 4.53. The Labute approximate surface area is 159 Å². The van der Waals surface area contributed by atoms with Gasteiger partial charge >= 0.3 is 0 Å². The van der Waals surface area contributed by atoms with Gasteiger partial charge in [0.15, 0.2) is 0 Å². The number of hydrogen-bond acceptors (Lipinski definition) is 4. The second-order valence-corrected chi connectivity index (χ2v) is 10.1. The van der Waals surface area contributed by atoms with Crippen molar-refractivity contribution >= 4 is 33.0 Å². The van der Waals surface area contributed by atoms with Crippen molar-refractivity contribution in [2.45, 2.75) is 31.6 Å². The summed E-state index contributed by atoms with van der Waals surface area (Å²) in [4.78, 5) is 13.3. The Hall–Kier alpha value is -1.70. The molecule has 26 heavy (non-hydrogen) atoms. The zero-order chi connectivity index (χ0) is 18.7. The molecule has 1 amide bonds. The zero-order valence-electron chi connectivity index (χ0n) is 15.0. The second kappa shape index (κ2) is 7.90. The molecule has 2 heterocycles. The van der Waals surface area contributed by atoms with E-state index in [9.17, 15) is 13.2 Å². The van der Waals surface area contributed by atoms with Gasteiger partial charge in [-0.15, -0.1) is 11.3 Å². The smallest absolute Gasteiger partial charge is 0.243 e. The summed E-state index contributed by atoms with van der Waals surface area (Å²) in [6.07, 6.45) is 1.38. The number of piperidine rings is 1. The van der Waals surface area contributed by atoms with Crippen LogP contribution < -0.4 is 5.32 Å². The molecule has 1 aliphatic heterocycles. The molecule has 1 saturated heterocycles. The molecule has 140 valence electrons. The first-order valence-electron chi connectivity index (χ1n) is 8.77. The van der Waals surface area contributed by atoms with Crippen LogP contribution in [-0.4, -0.2) is 31.7 Å². The Morgan fingerprint density at radius 1 is 1.15 bits per heavy atom. The van der Waals surface area contributed by atoms with Crippen LogP contribution in [0.5, 0.6) is 0 Å². The average molecular weight is 393 g/mol. The standard InChI is InChI=1S/C19H24N2O3S2/c1-14-10-15(2)13-21(12-14)26(23,24)18-7-5-16(6-8-18)20-19(22)11-17-4-3-9-25-17/h3-9,14-15H,10-13H2,1-2H3,(H,20,22)/t14-,15-/m0/s1. The van der Waals surface area contributed by atoms with E-state index in [-0.39, 0.29) is 10.8 Å². The van der Waals surface area contributed by atoms with Gasteiger partial charge in [-0.3, -0.25) is 4.79 Å². The third kappa shape index (κ3) is 4.52. The summed E-state index contributed by atoms with van der Waals surface area (Å²) in [5, 5.41) is 4.75. The number of benzene rings is 1. The Balaban J connectivity index is 1.67. The van der Waals surface area contributed by atoms with Gasteiger partial charge in [0.1, 0.15) is 0 Å². The molecule has 0 saturated carbocycles. The van der Waals surface area contributed by atoms with Gasteiger partial charge in [0.05, 0.1) is 11.3 Å². The lowest BCUT2D eigenvalue weighted by atomic mass is 9.94. The van der Waals surface area contributed by atoms with E-state index in [0.717, 1.165) is 11.3 Å². The zero-order valence-corrected chi connectivity index (χ0v) is 16.6. The molecule has 1 N–H and O–H groups in total. The highest BCUT2D eigenvalue weighted by Crippen LogP contribution is 2.27. The van der Waals surface area contributed by atoms with Crippen LogP contribution in [0.2, 0.25) is 0 Å². The molecule has 2 aromatic rings. The lowest BCUT2D eigenvalue weighted by Gasteiger charge is -2.34. The van der Waals surface area contributed by atoms with Gasteiger partial charge in [-0.2, -0.15) is 4.31 Å². The molecule has 0 bridgehead atoms. The van der Waals surface area contributed by atoms with E-state index in [1.54, 1.807) is 28.6 Å². The minimum absolute atomic E-state index is 0.110. The number of nitrogens with zero attached hydrogens (tertiary/aromatic N) is 1. The molecule has 1 aromatic carbocycles. The minimum Gasteiger partial charge on any atom is -0.326 e. The Morgan fingerprint density at radius 2 is 1.81 bits per heavy atom. The first-order valence-corrected chi connectivity index (χ1v) is 11.1. The van der Waals surface area contributed by atoms with Gasteiger partial charge in [-0.1, -0.05) is 19.9 Å². The predicted octanol–water partition coefficient (Wildman–Crippen LogP) is 3.60. The lowest BCUT2D eigenvalue weighted by molar-refractivity contribution is -0.115. The molecule has 7 heteroatoms. The van der Waals surface area contributed by atoms with Crippen LogP contribution in [-0.2, 0) is 21.2 Å². The van der Waals surface area contributed by atoms with E-state index >= 15 is 0 Å². The maximum Gasteiger partial charge on any atom is 0.243 e. The van der Waals surface area contributed by atoms with Gasteiger partial charge in [0, 0.05) is 23.7 Å². The van der Waals surface area contributed by atoms with E-state index in [0.29, 0.717) is 37.0 Å². The van der Waals surface area contributed by atoms with Crippen molar-refractivity contribution in [1.82, 2.24) is 4.31 Å². The molecule has 0 radical (unpaired) electrons. The fraction of sp³-hybridized carbons (Fsp3) is 0.421. The fourth-order valence-corrected chi connectivity index (χ4v) is 5.82. The topological polar surface area (TPSA) is 66.5 Å². The minimum atomic E-state index is -3.49. The Kier molecular flexibility index (Phi) is 5.79. The summed E-state index contributed by atoms with van der Waals surface area (Å²) in [7, 11) is -3.49. The highest BCUT2D eigenvalue weighted by Gasteiger charge is 2.31.